The summed E-state index contributed by atoms with van der Waals surface area (Å²) < 4.78 is 0. The number of rotatable bonds is 0. The number of hydrazine groups is 1. The van der Waals surface area contributed by atoms with Crippen LogP contribution in [0.2, 0.25) is 0 Å². The molecule has 1 aliphatic rings. The second-order valence-electron chi connectivity index (χ2n) is 3.37. The normalized spacial score (nSPS) is 19.2. The Morgan fingerprint density at radius 2 is 2.11 bits per heavy atom. The van der Waals surface area contributed by atoms with Gasteiger partial charge in [0.05, 0.1) is 0 Å². The average Bonchev–Trinajstić information content (AvgIpc) is 2.08. The number of nitrogens with one attached hydrogen (secondary N) is 2. The van der Waals surface area contributed by atoms with E-state index < -0.39 is 0 Å². The van der Waals surface area contributed by atoms with Gasteiger partial charge in [-0.25, -0.2) is 5.43 Å². The predicted octanol–water partition coefficient (Wildman–Crippen LogP) is 1.02. The SMILES string of the molecule is CC(C)(C)C1=CCNN1. The highest BCUT2D eigenvalue weighted by Gasteiger charge is 2.18. The zero-order chi connectivity index (χ0) is 6.91. The van der Waals surface area contributed by atoms with Gasteiger partial charge in [0, 0.05) is 17.7 Å². The maximum atomic E-state index is 3.11. The van der Waals surface area contributed by atoms with E-state index in [2.05, 4.69) is 37.7 Å². The lowest BCUT2D eigenvalue weighted by molar-refractivity contribution is 0.455. The molecule has 2 N–H and O–H groups in total. The summed E-state index contributed by atoms with van der Waals surface area (Å²) in [7, 11) is 0. The van der Waals surface area contributed by atoms with Crippen molar-refractivity contribution in [1.82, 2.24) is 10.9 Å². The van der Waals surface area contributed by atoms with E-state index in [1.165, 1.54) is 5.70 Å². The minimum atomic E-state index is 0.267. The maximum Gasteiger partial charge on any atom is 0.0348 e. The van der Waals surface area contributed by atoms with Gasteiger partial charge in [-0.1, -0.05) is 20.8 Å². The van der Waals surface area contributed by atoms with Crippen LogP contribution in [0.5, 0.6) is 0 Å². The van der Waals surface area contributed by atoms with Crippen LogP contribution in [0.15, 0.2) is 11.8 Å². The first-order valence-electron chi connectivity index (χ1n) is 3.30. The van der Waals surface area contributed by atoms with Crippen molar-refractivity contribution in [3.8, 4) is 0 Å². The van der Waals surface area contributed by atoms with E-state index in [0.717, 1.165) is 6.54 Å². The Morgan fingerprint density at radius 1 is 1.44 bits per heavy atom. The first-order valence-corrected chi connectivity index (χ1v) is 3.30. The largest absolute Gasteiger partial charge is 0.325 e. The van der Waals surface area contributed by atoms with Crippen molar-refractivity contribution in [2.24, 2.45) is 5.41 Å². The molecule has 0 fully saturated rings. The standard InChI is InChI=1S/C7H14N2/c1-7(2,3)6-4-5-8-9-6/h4,8-9H,5H2,1-3H3. The Balaban J connectivity index is 2.61. The molecule has 1 rings (SSSR count). The van der Waals surface area contributed by atoms with E-state index in [4.69, 9.17) is 0 Å². The van der Waals surface area contributed by atoms with Crippen molar-refractivity contribution in [3.05, 3.63) is 11.8 Å². The average molecular weight is 126 g/mol. The first-order chi connectivity index (χ1) is 4.11. The summed E-state index contributed by atoms with van der Waals surface area (Å²) in [4.78, 5) is 0. The van der Waals surface area contributed by atoms with Crippen molar-refractivity contribution in [2.75, 3.05) is 6.54 Å². The van der Waals surface area contributed by atoms with Crippen molar-refractivity contribution in [2.45, 2.75) is 20.8 Å². The molecule has 2 nitrogen and oxygen atoms in total. The van der Waals surface area contributed by atoms with Crippen LogP contribution >= 0.6 is 0 Å². The Morgan fingerprint density at radius 3 is 2.33 bits per heavy atom. The monoisotopic (exact) mass is 126 g/mol. The molecule has 52 valence electrons. The van der Waals surface area contributed by atoms with Crippen molar-refractivity contribution < 1.29 is 0 Å². The highest BCUT2D eigenvalue weighted by Crippen LogP contribution is 2.22. The lowest BCUT2D eigenvalue weighted by Gasteiger charge is -2.19. The summed E-state index contributed by atoms with van der Waals surface area (Å²) in [6, 6.07) is 0. The van der Waals surface area contributed by atoms with Crippen LogP contribution in [0.1, 0.15) is 20.8 Å². The molecular weight excluding hydrogens is 112 g/mol. The molecule has 9 heavy (non-hydrogen) atoms. The fraction of sp³-hybridized carbons (Fsp3) is 0.714. The van der Waals surface area contributed by atoms with Gasteiger partial charge in [0.25, 0.3) is 0 Å². The van der Waals surface area contributed by atoms with Crippen molar-refractivity contribution >= 4 is 0 Å². The van der Waals surface area contributed by atoms with Crippen LogP contribution in [-0.2, 0) is 0 Å². The summed E-state index contributed by atoms with van der Waals surface area (Å²) in [6.07, 6.45) is 2.18. The molecular formula is C7H14N2. The maximum absolute atomic E-state index is 3.11. The van der Waals surface area contributed by atoms with Gasteiger partial charge in [0.2, 0.25) is 0 Å². The lowest BCUT2D eigenvalue weighted by Crippen LogP contribution is -2.29. The minimum absolute atomic E-state index is 0.267. The van der Waals surface area contributed by atoms with Crippen molar-refractivity contribution in [1.29, 1.82) is 0 Å². The highest BCUT2D eigenvalue weighted by molar-refractivity contribution is 5.11. The summed E-state index contributed by atoms with van der Waals surface area (Å²) >= 11 is 0. The van der Waals surface area contributed by atoms with Crippen LogP contribution in [0.3, 0.4) is 0 Å². The summed E-state index contributed by atoms with van der Waals surface area (Å²) in [5.41, 5.74) is 7.71. The van der Waals surface area contributed by atoms with Gasteiger partial charge < -0.3 is 5.43 Å². The van der Waals surface area contributed by atoms with Gasteiger partial charge in [0.1, 0.15) is 0 Å². The van der Waals surface area contributed by atoms with Gasteiger partial charge >= 0.3 is 0 Å². The zero-order valence-electron chi connectivity index (χ0n) is 6.28. The summed E-state index contributed by atoms with van der Waals surface area (Å²) in [5, 5.41) is 0. The van der Waals surface area contributed by atoms with Gasteiger partial charge in [-0.2, -0.15) is 0 Å². The molecule has 0 saturated carbocycles. The molecule has 0 unspecified atom stereocenters. The van der Waals surface area contributed by atoms with Gasteiger partial charge in [-0.3, -0.25) is 0 Å². The minimum Gasteiger partial charge on any atom is -0.325 e. The molecule has 1 aliphatic heterocycles. The second-order valence-corrected chi connectivity index (χ2v) is 3.37. The molecule has 0 amide bonds. The lowest BCUT2D eigenvalue weighted by atomic mass is 9.92. The smallest absolute Gasteiger partial charge is 0.0348 e. The Kier molecular flexibility index (Phi) is 1.49. The molecule has 0 aromatic heterocycles. The van der Waals surface area contributed by atoms with Gasteiger partial charge in [-0.15, -0.1) is 0 Å². The van der Waals surface area contributed by atoms with Crippen LogP contribution < -0.4 is 10.9 Å². The predicted molar refractivity (Wildman–Crippen MR) is 38.7 cm³/mol. The van der Waals surface area contributed by atoms with E-state index in [1.54, 1.807) is 0 Å². The molecule has 0 saturated heterocycles. The van der Waals surface area contributed by atoms with Crippen LogP contribution in [0.4, 0.5) is 0 Å². The van der Waals surface area contributed by atoms with E-state index in [1.807, 2.05) is 0 Å². The fourth-order valence-electron chi connectivity index (χ4n) is 0.844. The molecule has 0 radical (unpaired) electrons. The van der Waals surface area contributed by atoms with Crippen LogP contribution in [-0.4, -0.2) is 6.54 Å². The van der Waals surface area contributed by atoms with E-state index in [0.29, 0.717) is 0 Å². The zero-order valence-corrected chi connectivity index (χ0v) is 6.28. The van der Waals surface area contributed by atoms with E-state index >= 15 is 0 Å². The molecule has 0 aliphatic carbocycles. The molecule has 0 bridgehead atoms. The summed E-state index contributed by atoms with van der Waals surface area (Å²) in [5.74, 6) is 0. The third-order valence-corrected chi connectivity index (χ3v) is 1.44. The molecule has 1 heterocycles. The van der Waals surface area contributed by atoms with Gasteiger partial charge in [-0.05, 0) is 6.08 Å². The summed E-state index contributed by atoms with van der Waals surface area (Å²) in [6.45, 7) is 7.53. The van der Waals surface area contributed by atoms with Crippen LogP contribution in [0.25, 0.3) is 0 Å². The number of hydrogen-bond acceptors (Lipinski definition) is 2. The van der Waals surface area contributed by atoms with Crippen LogP contribution in [0, 0.1) is 5.41 Å². The molecule has 0 spiro atoms. The number of allylic oxidation sites excluding steroid dienone is 1. The second kappa shape index (κ2) is 2.03. The molecule has 2 heteroatoms. The van der Waals surface area contributed by atoms with E-state index in [-0.39, 0.29) is 5.41 Å². The highest BCUT2D eigenvalue weighted by atomic mass is 15.4. The third-order valence-electron chi connectivity index (χ3n) is 1.44. The van der Waals surface area contributed by atoms with Gasteiger partial charge in [0.15, 0.2) is 0 Å². The quantitative estimate of drug-likeness (QED) is 0.506. The molecule has 0 aromatic carbocycles. The Labute approximate surface area is 56.3 Å². The molecule has 0 aromatic rings. The van der Waals surface area contributed by atoms with E-state index in [9.17, 15) is 0 Å². The number of hydrogen-bond donors (Lipinski definition) is 2. The fourth-order valence-corrected chi connectivity index (χ4v) is 0.844. The topological polar surface area (TPSA) is 24.1 Å². The van der Waals surface area contributed by atoms with Crippen molar-refractivity contribution in [3.63, 3.8) is 0 Å². The first kappa shape index (κ1) is 6.62. The Hall–Kier alpha value is -0.500. The Bertz CT molecular complexity index is 130. The molecule has 0 atom stereocenters. The third kappa shape index (κ3) is 1.45.